The van der Waals surface area contributed by atoms with Crippen LogP contribution in [0.4, 0.5) is 0 Å². The zero-order chi connectivity index (χ0) is 12.4. The fraction of sp³-hybridized carbons (Fsp3) is 0.417. The Morgan fingerprint density at radius 3 is 2.76 bits per heavy atom. The first kappa shape index (κ1) is 12.8. The Bertz CT molecular complexity index is 484. The van der Waals surface area contributed by atoms with Gasteiger partial charge in [-0.25, -0.2) is 0 Å². The van der Waals surface area contributed by atoms with Crippen LogP contribution in [0.25, 0.3) is 0 Å². The summed E-state index contributed by atoms with van der Waals surface area (Å²) in [6, 6.07) is 4.60. The molecule has 0 bridgehead atoms. The minimum atomic E-state index is 0.196. The molecule has 17 heavy (non-hydrogen) atoms. The molecule has 0 spiro atoms. The number of aryl methyl sites for hydroxylation is 2. The van der Waals surface area contributed by atoms with E-state index in [-0.39, 0.29) is 6.04 Å². The highest BCUT2D eigenvalue weighted by Gasteiger charge is 2.20. The highest BCUT2D eigenvalue weighted by Crippen LogP contribution is 2.32. The van der Waals surface area contributed by atoms with Gasteiger partial charge in [0.15, 0.2) is 0 Å². The van der Waals surface area contributed by atoms with E-state index in [9.17, 15) is 0 Å². The van der Waals surface area contributed by atoms with E-state index < -0.39 is 0 Å². The molecule has 0 aliphatic heterocycles. The van der Waals surface area contributed by atoms with Gasteiger partial charge < -0.3 is 5.32 Å². The normalized spacial score (nSPS) is 12.9. The minimum Gasteiger partial charge on any atom is -0.307 e. The first-order valence-corrected chi connectivity index (χ1v) is 7.21. The highest BCUT2D eigenvalue weighted by molar-refractivity contribution is 9.10. The Labute approximate surface area is 114 Å². The lowest BCUT2D eigenvalue weighted by atomic mass is 10.1. The number of hydrogen-bond donors (Lipinski definition) is 1. The van der Waals surface area contributed by atoms with E-state index in [1.54, 1.807) is 0 Å². The summed E-state index contributed by atoms with van der Waals surface area (Å²) in [5, 5.41) is 7.63. The zero-order valence-electron chi connectivity index (χ0n) is 10.2. The predicted molar refractivity (Wildman–Crippen MR) is 75.5 cm³/mol. The van der Waals surface area contributed by atoms with Gasteiger partial charge in [0.05, 0.1) is 22.4 Å². The number of halogens is 1. The molecule has 1 N–H and O–H groups in total. The molecule has 1 atom stereocenters. The average Bonchev–Trinajstić information content (AvgIpc) is 2.91. The standard InChI is InChI=1S/C12H16BrN3S/c1-4-8-5-6-10(17-8)11(14-2)12-9(13)7-15-16(12)3/h5-7,11,14H,4H2,1-3H3. The summed E-state index contributed by atoms with van der Waals surface area (Å²) in [4.78, 5) is 2.74. The Kier molecular flexibility index (Phi) is 4.01. The van der Waals surface area contributed by atoms with Crippen LogP contribution in [0.3, 0.4) is 0 Å². The van der Waals surface area contributed by atoms with Crippen LogP contribution < -0.4 is 5.32 Å². The van der Waals surface area contributed by atoms with E-state index >= 15 is 0 Å². The summed E-state index contributed by atoms with van der Waals surface area (Å²) < 4.78 is 2.96. The van der Waals surface area contributed by atoms with Crippen LogP contribution in [0, 0.1) is 0 Å². The Morgan fingerprint density at radius 1 is 1.53 bits per heavy atom. The first-order valence-electron chi connectivity index (χ1n) is 5.60. The average molecular weight is 314 g/mol. The van der Waals surface area contributed by atoms with Crippen molar-refractivity contribution in [2.45, 2.75) is 19.4 Å². The highest BCUT2D eigenvalue weighted by atomic mass is 79.9. The van der Waals surface area contributed by atoms with Gasteiger partial charge in [0.25, 0.3) is 0 Å². The molecule has 92 valence electrons. The second kappa shape index (κ2) is 5.33. The molecule has 1 unspecified atom stereocenters. The smallest absolute Gasteiger partial charge is 0.0850 e. The summed E-state index contributed by atoms with van der Waals surface area (Å²) in [5.74, 6) is 0. The van der Waals surface area contributed by atoms with E-state index in [0.717, 1.165) is 16.6 Å². The van der Waals surface area contributed by atoms with E-state index in [4.69, 9.17) is 0 Å². The monoisotopic (exact) mass is 313 g/mol. The van der Waals surface area contributed by atoms with Crippen molar-refractivity contribution in [1.29, 1.82) is 0 Å². The Balaban J connectivity index is 2.40. The van der Waals surface area contributed by atoms with E-state index in [2.05, 4.69) is 45.4 Å². The second-order valence-corrected chi connectivity index (χ2v) is 5.93. The van der Waals surface area contributed by atoms with Crippen molar-refractivity contribution >= 4 is 27.3 Å². The molecular weight excluding hydrogens is 298 g/mol. The third kappa shape index (κ3) is 2.46. The number of rotatable bonds is 4. The van der Waals surface area contributed by atoms with Gasteiger partial charge in [-0.3, -0.25) is 4.68 Å². The summed E-state index contributed by atoms with van der Waals surface area (Å²) in [6.45, 7) is 2.18. The molecule has 0 amide bonds. The quantitative estimate of drug-likeness (QED) is 0.940. The summed E-state index contributed by atoms with van der Waals surface area (Å²) in [7, 11) is 3.95. The van der Waals surface area contributed by atoms with Crippen LogP contribution in [0.15, 0.2) is 22.8 Å². The van der Waals surface area contributed by atoms with Crippen molar-refractivity contribution < 1.29 is 0 Å². The minimum absolute atomic E-state index is 0.196. The molecule has 2 aromatic heterocycles. The van der Waals surface area contributed by atoms with E-state index in [1.165, 1.54) is 9.75 Å². The molecule has 2 heterocycles. The molecule has 3 nitrogen and oxygen atoms in total. The molecule has 0 aromatic carbocycles. The summed E-state index contributed by atoms with van der Waals surface area (Å²) in [6.07, 6.45) is 2.93. The van der Waals surface area contributed by atoms with Crippen LogP contribution in [0.2, 0.25) is 0 Å². The molecule has 0 radical (unpaired) electrons. The third-order valence-corrected chi connectivity index (χ3v) is 4.72. The summed E-state index contributed by atoms with van der Waals surface area (Å²) in [5.41, 5.74) is 1.16. The fourth-order valence-corrected chi connectivity index (χ4v) is 3.54. The zero-order valence-corrected chi connectivity index (χ0v) is 12.6. The molecule has 5 heteroatoms. The van der Waals surface area contributed by atoms with Crippen molar-refractivity contribution in [1.82, 2.24) is 15.1 Å². The van der Waals surface area contributed by atoms with Crippen molar-refractivity contribution in [3.63, 3.8) is 0 Å². The van der Waals surface area contributed by atoms with Crippen LogP contribution in [-0.2, 0) is 13.5 Å². The fourth-order valence-electron chi connectivity index (χ4n) is 1.90. The number of thiophene rings is 1. The predicted octanol–water partition coefficient (Wildman–Crippen LogP) is 3.12. The molecule has 2 aromatic rings. The largest absolute Gasteiger partial charge is 0.307 e. The molecule has 0 saturated heterocycles. The van der Waals surface area contributed by atoms with Gasteiger partial charge in [0.2, 0.25) is 0 Å². The maximum Gasteiger partial charge on any atom is 0.0850 e. The lowest BCUT2D eigenvalue weighted by Gasteiger charge is -2.15. The van der Waals surface area contributed by atoms with Crippen LogP contribution >= 0.6 is 27.3 Å². The number of nitrogens with one attached hydrogen (secondary N) is 1. The van der Waals surface area contributed by atoms with E-state index in [0.29, 0.717) is 0 Å². The Morgan fingerprint density at radius 2 is 2.29 bits per heavy atom. The number of aromatic nitrogens is 2. The van der Waals surface area contributed by atoms with Crippen LogP contribution in [0.1, 0.15) is 28.4 Å². The maximum atomic E-state index is 4.27. The van der Waals surface area contributed by atoms with Gasteiger partial charge in [0.1, 0.15) is 0 Å². The van der Waals surface area contributed by atoms with E-state index in [1.807, 2.05) is 36.3 Å². The maximum absolute atomic E-state index is 4.27. The van der Waals surface area contributed by atoms with Crippen molar-refractivity contribution in [3.05, 3.63) is 38.3 Å². The molecule has 0 aliphatic rings. The van der Waals surface area contributed by atoms with Gasteiger partial charge in [0, 0.05) is 16.8 Å². The van der Waals surface area contributed by atoms with Gasteiger partial charge in [-0.2, -0.15) is 5.10 Å². The number of hydrogen-bond acceptors (Lipinski definition) is 3. The molecule has 0 saturated carbocycles. The van der Waals surface area contributed by atoms with Gasteiger partial charge >= 0.3 is 0 Å². The third-order valence-electron chi connectivity index (χ3n) is 2.82. The first-order chi connectivity index (χ1) is 8.17. The molecule has 2 rings (SSSR count). The molecule has 0 aliphatic carbocycles. The van der Waals surface area contributed by atoms with Crippen molar-refractivity contribution in [2.24, 2.45) is 7.05 Å². The van der Waals surface area contributed by atoms with Crippen LogP contribution in [-0.4, -0.2) is 16.8 Å². The lowest BCUT2D eigenvalue weighted by Crippen LogP contribution is -2.20. The van der Waals surface area contributed by atoms with Gasteiger partial charge in [-0.15, -0.1) is 11.3 Å². The van der Waals surface area contributed by atoms with Gasteiger partial charge in [-0.05, 0) is 41.5 Å². The lowest BCUT2D eigenvalue weighted by molar-refractivity contribution is 0.611. The SMILES string of the molecule is CCc1ccc(C(NC)c2c(Br)cnn2C)s1. The van der Waals surface area contributed by atoms with Crippen molar-refractivity contribution in [2.75, 3.05) is 7.05 Å². The number of nitrogens with zero attached hydrogens (tertiary/aromatic N) is 2. The second-order valence-electron chi connectivity index (χ2n) is 3.88. The summed E-state index contributed by atoms with van der Waals surface area (Å²) >= 11 is 5.42. The van der Waals surface area contributed by atoms with Crippen molar-refractivity contribution in [3.8, 4) is 0 Å². The Hall–Kier alpha value is -0.650. The molecule has 0 fully saturated rings. The molecular formula is C12H16BrN3S. The topological polar surface area (TPSA) is 29.9 Å². The van der Waals surface area contributed by atoms with Crippen LogP contribution in [0.5, 0.6) is 0 Å². The van der Waals surface area contributed by atoms with Gasteiger partial charge in [-0.1, -0.05) is 6.92 Å².